The first-order chi connectivity index (χ1) is 9.62. The van der Waals surface area contributed by atoms with E-state index in [0.29, 0.717) is 0 Å². The van der Waals surface area contributed by atoms with E-state index in [9.17, 15) is 0 Å². The maximum atomic E-state index is 4.71. The van der Waals surface area contributed by atoms with Crippen LogP contribution < -0.4 is 10.6 Å². The molecule has 1 aromatic heterocycles. The summed E-state index contributed by atoms with van der Waals surface area (Å²) in [6, 6.07) is 0. The number of hydrogen-bond acceptors (Lipinski definition) is 3. The Kier molecular flexibility index (Phi) is 6.20. The van der Waals surface area contributed by atoms with Crippen molar-refractivity contribution in [2.75, 3.05) is 13.1 Å². The van der Waals surface area contributed by atoms with E-state index in [0.717, 1.165) is 30.5 Å². The molecule has 5 heteroatoms. The predicted molar refractivity (Wildman–Crippen MR) is 93.4 cm³/mol. The van der Waals surface area contributed by atoms with Gasteiger partial charge in [-0.25, -0.2) is 4.98 Å². The number of aromatic nitrogens is 1. The molecule has 0 bridgehead atoms. The molecule has 0 atom stereocenters. The molecule has 120 valence electrons. The molecule has 0 aliphatic rings. The number of guanidine groups is 1. The van der Waals surface area contributed by atoms with Crippen molar-refractivity contribution < 1.29 is 0 Å². The largest absolute Gasteiger partial charge is 0.357 e. The summed E-state index contributed by atoms with van der Waals surface area (Å²) in [5, 5.41) is 10.00. The van der Waals surface area contributed by atoms with Crippen LogP contribution in [-0.2, 0) is 11.8 Å². The Morgan fingerprint density at radius 1 is 1.24 bits per heavy atom. The Labute approximate surface area is 133 Å². The van der Waals surface area contributed by atoms with Crippen molar-refractivity contribution in [3.63, 3.8) is 0 Å². The molecule has 0 radical (unpaired) electrons. The van der Waals surface area contributed by atoms with Crippen LogP contribution in [0.15, 0.2) is 10.4 Å². The van der Waals surface area contributed by atoms with Gasteiger partial charge < -0.3 is 10.6 Å². The third kappa shape index (κ3) is 6.93. The van der Waals surface area contributed by atoms with Gasteiger partial charge in [-0.15, -0.1) is 11.3 Å². The molecule has 1 aromatic rings. The number of rotatable bonds is 4. The van der Waals surface area contributed by atoms with Gasteiger partial charge in [0, 0.05) is 35.8 Å². The van der Waals surface area contributed by atoms with Crippen molar-refractivity contribution in [3.8, 4) is 0 Å². The second-order valence-corrected chi connectivity index (χ2v) is 8.20. The number of thiazole rings is 1. The molecule has 21 heavy (non-hydrogen) atoms. The first kappa shape index (κ1) is 18.0. The van der Waals surface area contributed by atoms with Gasteiger partial charge in [-0.3, -0.25) is 4.99 Å². The van der Waals surface area contributed by atoms with Crippen LogP contribution in [0.4, 0.5) is 0 Å². The zero-order chi connectivity index (χ0) is 16.1. The maximum Gasteiger partial charge on any atom is 0.191 e. The summed E-state index contributed by atoms with van der Waals surface area (Å²) < 4.78 is 0. The molecule has 0 fully saturated rings. The third-order valence-corrected chi connectivity index (χ3v) is 3.66. The standard InChI is InChI=1S/C16H30N4S/c1-8-17-14(20-16(5,6)7)18-10-9-13-19-12(11-21-13)15(2,3)4/h11H,8-10H2,1-7H3,(H2,17,18,20). The van der Waals surface area contributed by atoms with Gasteiger partial charge in [-0.05, 0) is 27.7 Å². The minimum absolute atomic E-state index is 0.0155. The van der Waals surface area contributed by atoms with Gasteiger partial charge in [-0.2, -0.15) is 0 Å². The van der Waals surface area contributed by atoms with Crippen LogP contribution >= 0.6 is 11.3 Å². The van der Waals surface area contributed by atoms with E-state index in [4.69, 9.17) is 4.98 Å². The Morgan fingerprint density at radius 2 is 1.90 bits per heavy atom. The third-order valence-electron chi connectivity index (χ3n) is 2.75. The normalized spacial score (nSPS) is 13.4. The van der Waals surface area contributed by atoms with Gasteiger partial charge in [0.25, 0.3) is 0 Å². The van der Waals surface area contributed by atoms with Gasteiger partial charge in [0.2, 0.25) is 0 Å². The second kappa shape index (κ2) is 7.25. The summed E-state index contributed by atoms with van der Waals surface area (Å²) >= 11 is 1.73. The van der Waals surface area contributed by atoms with Crippen LogP contribution in [0.1, 0.15) is 59.2 Å². The molecule has 0 spiro atoms. The minimum Gasteiger partial charge on any atom is -0.357 e. The SMILES string of the molecule is CCNC(=NCCc1nc(C(C)(C)C)cs1)NC(C)(C)C. The summed E-state index contributed by atoms with van der Waals surface area (Å²) in [5.41, 5.74) is 1.31. The molecule has 0 saturated heterocycles. The van der Waals surface area contributed by atoms with Crippen LogP contribution in [-0.4, -0.2) is 29.6 Å². The quantitative estimate of drug-likeness (QED) is 0.662. The van der Waals surface area contributed by atoms with Gasteiger partial charge >= 0.3 is 0 Å². The lowest BCUT2D eigenvalue weighted by Crippen LogP contribution is -2.47. The number of nitrogens with zero attached hydrogens (tertiary/aromatic N) is 2. The fourth-order valence-corrected chi connectivity index (χ4v) is 2.71. The van der Waals surface area contributed by atoms with Crippen LogP contribution in [0.3, 0.4) is 0 Å². The van der Waals surface area contributed by atoms with Crippen molar-refractivity contribution in [1.29, 1.82) is 0 Å². The van der Waals surface area contributed by atoms with Crippen molar-refractivity contribution in [2.45, 2.75) is 65.8 Å². The lowest BCUT2D eigenvalue weighted by molar-refractivity contribution is 0.501. The lowest BCUT2D eigenvalue weighted by Gasteiger charge is -2.23. The number of hydrogen-bond donors (Lipinski definition) is 2. The summed E-state index contributed by atoms with van der Waals surface area (Å²) in [4.78, 5) is 9.33. The van der Waals surface area contributed by atoms with E-state index in [2.05, 4.69) is 69.5 Å². The van der Waals surface area contributed by atoms with Crippen molar-refractivity contribution in [2.24, 2.45) is 4.99 Å². The molecule has 0 aliphatic heterocycles. The van der Waals surface area contributed by atoms with Gasteiger partial charge in [0.1, 0.15) is 0 Å². The zero-order valence-electron chi connectivity index (χ0n) is 14.5. The molecule has 0 saturated carbocycles. The summed E-state index contributed by atoms with van der Waals surface area (Å²) in [5.74, 6) is 0.873. The molecule has 1 heterocycles. The van der Waals surface area contributed by atoms with E-state index in [1.807, 2.05) is 0 Å². The first-order valence-corrected chi connectivity index (χ1v) is 8.51. The summed E-state index contributed by atoms with van der Waals surface area (Å²) in [6.45, 7) is 16.7. The molecule has 0 aromatic carbocycles. The Hall–Kier alpha value is -1.10. The maximum absolute atomic E-state index is 4.71. The average molecular weight is 311 g/mol. The van der Waals surface area contributed by atoms with E-state index in [1.165, 1.54) is 5.69 Å². The fourth-order valence-electron chi connectivity index (χ4n) is 1.70. The van der Waals surface area contributed by atoms with E-state index in [-0.39, 0.29) is 11.0 Å². The molecule has 1 rings (SSSR count). The van der Waals surface area contributed by atoms with Gasteiger partial charge in [0.05, 0.1) is 10.7 Å². The molecule has 4 nitrogen and oxygen atoms in total. The second-order valence-electron chi connectivity index (χ2n) is 7.26. The highest BCUT2D eigenvalue weighted by Crippen LogP contribution is 2.23. The molecule has 0 amide bonds. The van der Waals surface area contributed by atoms with E-state index < -0.39 is 0 Å². The van der Waals surface area contributed by atoms with Gasteiger partial charge in [-0.1, -0.05) is 20.8 Å². The monoisotopic (exact) mass is 310 g/mol. The van der Waals surface area contributed by atoms with E-state index >= 15 is 0 Å². The summed E-state index contributed by atoms with van der Waals surface area (Å²) in [6.07, 6.45) is 0.890. The molecular weight excluding hydrogens is 280 g/mol. The highest BCUT2D eigenvalue weighted by atomic mass is 32.1. The first-order valence-electron chi connectivity index (χ1n) is 7.63. The Morgan fingerprint density at radius 3 is 2.38 bits per heavy atom. The molecule has 0 unspecified atom stereocenters. The zero-order valence-corrected chi connectivity index (χ0v) is 15.3. The molecular formula is C16H30N4S. The van der Waals surface area contributed by atoms with Crippen LogP contribution in [0, 0.1) is 0 Å². The van der Waals surface area contributed by atoms with Crippen molar-refractivity contribution in [3.05, 3.63) is 16.1 Å². The molecule has 2 N–H and O–H groups in total. The van der Waals surface area contributed by atoms with Crippen LogP contribution in [0.5, 0.6) is 0 Å². The van der Waals surface area contributed by atoms with Crippen molar-refractivity contribution >= 4 is 17.3 Å². The highest BCUT2D eigenvalue weighted by Gasteiger charge is 2.17. The predicted octanol–water partition coefficient (Wildman–Crippen LogP) is 3.34. The smallest absolute Gasteiger partial charge is 0.191 e. The average Bonchev–Trinajstić information content (AvgIpc) is 2.75. The van der Waals surface area contributed by atoms with Crippen molar-refractivity contribution in [1.82, 2.24) is 15.6 Å². The molecule has 0 aliphatic carbocycles. The van der Waals surface area contributed by atoms with Crippen LogP contribution in [0.2, 0.25) is 0 Å². The van der Waals surface area contributed by atoms with Crippen LogP contribution in [0.25, 0.3) is 0 Å². The Balaban J connectivity index is 2.60. The topological polar surface area (TPSA) is 49.3 Å². The lowest BCUT2D eigenvalue weighted by atomic mass is 9.93. The summed E-state index contributed by atoms with van der Waals surface area (Å²) in [7, 11) is 0. The van der Waals surface area contributed by atoms with Gasteiger partial charge in [0.15, 0.2) is 5.96 Å². The van der Waals surface area contributed by atoms with E-state index in [1.54, 1.807) is 11.3 Å². The number of nitrogens with one attached hydrogen (secondary N) is 2. The minimum atomic E-state index is 0.0155. The fraction of sp³-hybridized carbons (Fsp3) is 0.750. The highest BCUT2D eigenvalue weighted by molar-refractivity contribution is 7.09. The number of aliphatic imine (C=N–C) groups is 1. The Bertz CT molecular complexity index is 463.